The third-order valence-corrected chi connectivity index (χ3v) is 14.0. The minimum atomic E-state index is -0.785. The highest BCUT2D eigenvalue weighted by atomic mass is 16.6. The molecule has 6 nitrogen and oxygen atoms in total. The minimum absolute atomic E-state index is 0.0830. The summed E-state index contributed by atoms with van der Waals surface area (Å²) >= 11 is 0. The molecule has 0 amide bonds. The van der Waals surface area contributed by atoms with Gasteiger partial charge in [-0.05, 0) is 70.6 Å². The van der Waals surface area contributed by atoms with Crippen molar-refractivity contribution in [3.8, 4) is 0 Å². The van der Waals surface area contributed by atoms with Crippen molar-refractivity contribution in [2.45, 2.75) is 329 Å². The molecule has 0 spiro atoms. The van der Waals surface area contributed by atoms with Gasteiger partial charge < -0.3 is 14.2 Å². The highest BCUT2D eigenvalue weighted by Crippen LogP contribution is 2.17. The quantitative estimate of drug-likeness (QED) is 0.0261. The number of unbranched alkanes of at least 4 members (excludes halogenated alkanes) is 35. The van der Waals surface area contributed by atoms with Gasteiger partial charge in [-0.3, -0.25) is 14.4 Å². The number of carbonyl (C=O) groups is 3. The highest BCUT2D eigenvalue weighted by molar-refractivity contribution is 5.71. The molecule has 1 atom stereocenters. The first-order chi connectivity index (χ1) is 36.5. The zero-order valence-corrected chi connectivity index (χ0v) is 49.1. The molecule has 0 aliphatic heterocycles. The summed E-state index contributed by atoms with van der Waals surface area (Å²) in [4.78, 5) is 38.0. The van der Waals surface area contributed by atoms with Crippen LogP contribution in [0, 0.1) is 0 Å². The second kappa shape index (κ2) is 62.4. The molecule has 0 aromatic carbocycles. The fourth-order valence-corrected chi connectivity index (χ4v) is 9.21. The van der Waals surface area contributed by atoms with Gasteiger partial charge in [-0.2, -0.15) is 0 Å². The van der Waals surface area contributed by atoms with Crippen LogP contribution in [0.15, 0.2) is 72.9 Å². The molecule has 0 rings (SSSR count). The monoisotopic (exact) mass is 1030 g/mol. The zero-order chi connectivity index (χ0) is 53.6. The molecular formula is C68H120O6. The number of carbonyl (C=O) groups excluding carboxylic acids is 3. The molecule has 428 valence electrons. The third kappa shape index (κ3) is 59.7. The van der Waals surface area contributed by atoms with E-state index in [1.165, 1.54) is 173 Å². The molecule has 1 unspecified atom stereocenters. The Morgan fingerprint density at radius 2 is 0.527 bits per heavy atom. The first-order valence-corrected chi connectivity index (χ1v) is 31.9. The van der Waals surface area contributed by atoms with Gasteiger partial charge in [0.25, 0.3) is 0 Å². The van der Waals surface area contributed by atoms with Gasteiger partial charge in [0.15, 0.2) is 6.10 Å². The lowest BCUT2D eigenvalue weighted by atomic mass is 10.0. The van der Waals surface area contributed by atoms with Crippen LogP contribution in [0.1, 0.15) is 323 Å². The lowest BCUT2D eigenvalue weighted by molar-refractivity contribution is -0.167. The lowest BCUT2D eigenvalue weighted by Crippen LogP contribution is -2.30. The number of ether oxygens (including phenoxy) is 3. The second-order valence-electron chi connectivity index (χ2n) is 21.3. The molecule has 0 aromatic rings. The molecule has 0 aliphatic rings. The Kier molecular flexibility index (Phi) is 59.7. The Labute approximate surface area is 459 Å². The van der Waals surface area contributed by atoms with Crippen molar-refractivity contribution in [1.82, 2.24) is 0 Å². The Morgan fingerprint density at radius 3 is 0.824 bits per heavy atom. The van der Waals surface area contributed by atoms with E-state index in [9.17, 15) is 14.4 Å². The van der Waals surface area contributed by atoms with Crippen LogP contribution in [-0.4, -0.2) is 37.2 Å². The van der Waals surface area contributed by atoms with E-state index in [1.54, 1.807) is 0 Å². The van der Waals surface area contributed by atoms with E-state index in [1.807, 2.05) is 0 Å². The minimum Gasteiger partial charge on any atom is -0.462 e. The van der Waals surface area contributed by atoms with Crippen molar-refractivity contribution in [3.63, 3.8) is 0 Å². The Bertz CT molecular complexity index is 1370. The predicted octanol–water partition coefficient (Wildman–Crippen LogP) is 21.7. The summed E-state index contributed by atoms with van der Waals surface area (Å²) in [5.74, 6) is -0.906. The summed E-state index contributed by atoms with van der Waals surface area (Å²) in [6.45, 7) is 6.48. The first-order valence-electron chi connectivity index (χ1n) is 31.9. The van der Waals surface area contributed by atoms with E-state index in [0.717, 1.165) is 109 Å². The number of allylic oxidation sites excluding steroid dienone is 12. The molecule has 74 heavy (non-hydrogen) atoms. The molecule has 0 fully saturated rings. The molecule has 0 heterocycles. The average Bonchev–Trinajstić information content (AvgIpc) is 3.40. The molecule has 0 aliphatic carbocycles. The summed E-state index contributed by atoms with van der Waals surface area (Å²) in [6, 6.07) is 0. The lowest BCUT2D eigenvalue weighted by Gasteiger charge is -2.18. The smallest absolute Gasteiger partial charge is 0.306 e. The van der Waals surface area contributed by atoms with Crippen LogP contribution in [0.4, 0.5) is 0 Å². The van der Waals surface area contributed by atoms with Gasteiger partial charge in [-0.15, -0.1) is 0 Å². The Balaban J connectivity index is 4.10. The van der Waals surface area contributed by atoms with Crippen LogP contribution >= 0.6 is 0 Å². The standard InChI is InChI=1S/C68H120O6/c1-4-7-10-13-16-18-20-22-24-26-28-30-32-33-34-35-37-38-40-42-44-46-48-50-52-55-58-61-67(70)73-64-65(63-72-66(69)60-57-54-15-12-9-6-3)74-68(71)62-59-56-53-51-49-47-45-43-41-39-36-31-29-27-25-23-21-19-17-14-11-8-5-2/h8,11,17,19,23,25,29,31,39,41,45,47,65H,4-7,9-10,12-16,18,20-22,24,26-28,30,32-38,40,42-44,46,48-64H2,1-3H3/b11-8-,19-17-,25-23-,31-29-,41-39-,47-45-. The zero-order valence-electron chi connectivity index (χ0n) is 49.1. The van der Waals surface area contributed by atoms with E-state index >= 15 is 0 Å². The van der Waals surface area contributed by atoms with Gasteiger partial charge in [0.05, 0.1) is 0 Å². The third-order valence-electron chi connectivity index (χ3n) is 14.0. The van der Waals surface area contributed by atoms with E-state index in [-0.39, 0.29) is 31.1 Å². The Hall–Kier alpha value is -3.15. The van der Waals surface area contributed by atoms with Crippen molar-refractivity contribution in [2.75, 3.05) is 13.2 Å². The maximum atomic E-state index is 12.8. The summed E-state index contributed by atoms with van der Waals surface area (Å²) in [5, 5.41) is 0. The molecular weight excluding hydrogens is 913 g/mol. The van der Waals surface area contributed by atoms with E-state index in [4.69, 9.17) is 14.2 Å². The fraction of sp³-hybridized carbons (Fsp3) is 0.779. The van der Waals surface area contributed by atoms with Crippen LogP contribution in [0.5, 0.6) is 0 Å². The molecule has 0 aromatic heterocycles. The summed E-state index contributed by atoms with van der Waals surface area (Å²) in [6.07, 6.45) is 81.0. The van der Waals surface area contributed by atoms with Gasteiger partial charge >= 0.3 is 17.9 Å². The van der Waals surface area contributed by atoms with Gasteiger partial charge in [0, 0.05) is 19.3 Å². The predicted molar refractivity (Wildman–Crippen MR) is 321 cm³/mol. The van der Waals surface area contributed by atoms with Gasteiger partial charge in [0.1, 0.15) is 13.2 Å². The van der Waals surface area contributed by atoms with E-state index in [0.29, 0.717) is 19.3 Å². The van der Waals surface area contributed by atoms with Crippen molar-refractivity contribution < 1.29 is 28.6 Å². The second-order valence-corrected chi connectivity index (χ2v) is 21.3. The molecule has 0 radical (unpaired) electrons. The SMILES string of the molecule is CC/C=C\C/C=C\C/C=C\C/C=C\C/C=C\C/C=C\CCCCCCC(=O)OC(COC(=O)CCCCCCCC)COC(=O)CCCCCCCCCCCCCCCCCCCCCCCCCCCCC. The molecule has 6 heteroatoms. The maximum absolute atomic E-state index is 12.8. The van der Waals surface area contributed by atoms with Crippen LogP contribution < -0.4 is 0 Å². The average molecular weight is 1030 g/mol. The first kappa shape index (κ1) is 70.8. The van der Waals surface area contributed by atoms with Crippen molar-refractivity contribution >= 4 is 17.9 Å². The van der Waals surface area contributed by atoms with Gasteiger partial charge in [-0.1, -0.05) is 306 Å². The number of rotatable bonds is 58. The van der Waals surface area contributed by atoms with Crippen molar-refractivity contribution in [2.24, 2.45) is 0 Å². The van der Waals surface area contributed by atoms with E-state index < -0.39 is 6.10 Å². The van der Waals surface area contributed by atoms with Crippen LogP contribution in [0.2, 0.25) is 0 Å². The summed E-state index contributed by atoms with van der Waals surface area (Å²) in [5.41, 5.74) is 0. The van der Waals surface area contributed by atoms with Crippen LogP contribution in [-0.2, 0) is 28.6 Å². The Morgan fingerprint density at radius 1 is 0.284 bits per heavy atom. The van der Waals surface area contributed by atoms with Gasteiger partial charge in [0.2, 0.25) is 0 Å². The number of hydrogen-bond acceptors (Lipinski definition) is 6. The topological polar surface area (TPSA) is 78.9 Å². The number of hydrogen-bond donors (Lipinski definition) is 0. The molecule has 0 N–H and O–H groups in total. The maximum Gasteiger partial charge on any atom is 0.306 e. The normalized spacial score (nSPS) is 12.5. The van der Waals surface area contributed by atoms with Crippen LogP contribution in [0.25, 0.3) is 0 Å². The largest absolute Gasteiger partial charge is 0.462 e. The molecule has 0 saturated carbocycles. The summed E-state index contributed by atoms with van der Waals surface area (Å²) in [7, 11) is 0. The van der Waals surface area contributed by atoms with Crippen LogP contribution in [0.3, 0.4) is 0 Å². The fourth-order valence-electron chi connectivity index (χ4n) is 9.21. The van der Waals surface area contributed by atoms with Gasteiger partial charge in [-0.25, -0.2) is 0 Å². The summed E-state index contributed by atoms with van der Waals surface area (Å²) < 4.78 is 16.8. The molecule has 0 saturated heterocycles. The van der Waals surface area contributed by atoms with E-state index in [2.05, 4.69) is 93.7 Å². The number of esters is 3. The molecule has 0 bridgehead atoms. The highest BCUT2D eigenvalue weighted by Gasteiger charge is 2.19. The van der Waals surface area contributed by atoms with Crippen molar-refractivity contribution in [1.29, 1.82) is 0 Å². The van der Waals surface area contributed by atoms with Crippen molar-refractivity contribution in [3.05, 3.63) is 72.9 Å².